The summed E-state index contributed by atoms with van der Waals surface area (Å²) in [5, 5.41) is 9.22. The molecule has 0 unspecified atom stereocenters. The molecule has 5 heteroatoms. The lowest BCUT2D eigenvalue weighted by molar-refractivity contribution is 0.0952. The van der Waals surface area contributed by atoms with Crippen molar-refractivity contribution >= 4 is 38.9 Å². The second kappa shape index (κ2) is 6.84. The number of fused-ring (bicyclic) bond motifs is 3. The van der Waals surface area contributed by atoms with E-state index in [1.165, 1.54) is 0 Å². The van der Waals surface area contributed by atoms with Gasteiger partial charge in [-0.3, -0.25) is 9.78 Å². The average Bonchev–Trinajstić information content (AvgIpc) is 3.15. The molecule has 0 aliphatic carbocycles. The maximum absolute atomic E-state index is 12.8. The van der Waals surface area contributed by atoms with E-state index in [4.69, 9.17) is 0 Å². The predicted octanol–water partition coefficient (Wildman–Crippen LogP) is 4.90. The number of rotatable bonds is 4. The monoisotopic (exact) mass is 361 g/mol. The van der Waals surface area contributed by atoms with E-state index >= 15 is 0 Å². The summed E-state index contributed by atoms with van der Waals surface area (Å²) in [7, 11) is 0. The first-order valence-electron chi connectivity index (χ1n) is 8.62. The Labute approximate surface area is 155 Å². The lowest BCUT2D eigenvalue weighted by Crippen LogP contribution is -2.23. The van der Waals surface area contributed by atoms with Gasteiger partial charge in [-0.15, -0.1) is 11.3 Å². The summed E-state index contributed by atoms with van der Waals surface area (Å²) in [6, 6.07) is 13.9. The Morgan fingerprint density at radius 3 is 2.77 bits per heavy atom. The summed E-state index contributed by atoms with van der Waals surface area (Å²) in [5.41, 5.74) is 2.22. The largest absolute Gasteiger partial charge is 0.346 e. The SMILES string of the molecule is CC(C)c1nc(CNC(=O)c2cc3ccccc3c3cccnc23)cs1. The summed E-state index contributed by atoms with van der Waals surface area (Å²) in [6.45, 7) is 4.66. The van der Waals surface area contributed by atoms with Crippen LogP contribution in [0.15, 0.2) is 54.0 Å². The Morgan fingerprint density at radius 1 is 1.15 bits per heavy atom. The zero-order chi connectivity index (χ0) is 18.1. The number of benzene rings is 2. The lowest BCUT2D eigenvalue weighted by Gasteiger charge is -2.10. The van der Waals surface area contributed by atoms with Gasteiger partial charge in [-0.25, -0.2) is 4.98 Å². The quantitative estimate of drug-likeness (QED) is 0.526. The van der Waals surface area contributed by atoms with Crippen LogP contribution in [0.3, 0.4) is 0 Å². The van der Waals surface area contributed by atoms with Crippen LogP contribution in [0.25, 0.3) is 21.7 Å². The van der Waals surface area contributed by atoms with Crippen molar-refractivity contribution in [1.29, 1.82) is 0 Å². The van der Waals surface area contributed by atoms with E-state index in [0.29, 0.717) is 18.0 Å². The third-order valence-electron chi connectivity index (χ3n) is 4.35. The normalized spacial score (nSPS) is 11.3. The molecule has 4 aromatic rings. The van der Waals surface area contributed by atoms with Gasteiger partial charge in [0.1, 0.15) is 0 Å². The number of hydrogen-bond acceptors (Lipinski definition) is 4. The molecule has 0 aliphatic heterocycles. The fourth-order valence-corrected chi connectivity index (χ4v) is 3.87. The van der Waals surface area contributed by atoms with Crippen molar-refractivity contribution in [2.24, 2.45) is 0 Å². The van der Waals surface area contributed by atoms with E-state index in [1.807, 2.05) is 41.8 Å². The molecule has 0 radical (unpaired) electrons. The van der Waals surface area contributed by atoms with Crippen LogP contribution in [-0.4, -0.2) is 15.9 Å². The van der Waals surface area contributed by atoms with Crippen LogP contribution in [0.2, 0.25) is 0 Å². The number of carbonyl (C=O) groups is 1. The van der Waals surface area contributed by atoms with Crippen molar-refractivity contribution in [3.63, 3.8) is 0 Å². The van der Waals surface area contributed by atoms with Gasteiger partial charge in [-0.1, -0.05) is 44.2 Å². The van der Waals surface area contributed by atoms with Gasteiger partial charge in [0.2, 0.25) is 0 Å². The average molecular weight is 361 g/mol. The highest BCUT2D eigenvalue weighted by molar-refractivity contribution is 7.09. The molecule has 2 aromatic heterocycles. The van der Waals surface area contributed by atoms with E-state index in [9.17, 15) is 4.79 Å². The molecule has 26 heavy (non-hydrogen) atoms. The van der Waals surface area contributed by atoms with E-state index in [-0.39, 0.29) is 5.91 Å². The molecule has 0 fully saturated rings. The fourth-order valence-electron chi connectivity index (χ4n) is 3.04. The minimum absolute atomic E-state index is 0.126. The highest BCUT2D eigenvalue weighted by atomic mass is 32.1. The Balaban J connectivity index is 1.67. The van der Waals surface area contributed by atoms with E-state index < -0.39 is 0 Å². The van der Waals surface area contributed by atoms with Crippen LogP contribution >= 0.6 is 11.3 Å². The van der Waals surface area contributed by atoms with E-state index in [0.717, 1.165) is 32.4 Å². The molecule has 0 saturated heterocycles. The van der Waals surface area contributed by atoms with Crippen LogP contribution in [0.4, 0.5) is 0 Å². The standard InChI is InChI=1S/C21H19N3OS/c1-13(2)21-24-15(12-26-21)11-23-20(25)18-10-14-6-3-4-7-16(14)17-8-5-9-22-19(17)18/h3-10,12-13H,11H2,1-2H3,(H,23,25). The predicted molar refractivity (Wildman–Crippen MR) is 107 cm³/mol. The van der Waals surface area contributed by atoms with Crippen LogP contribution in [0.5, 0.6) is 0 Å². The van der Waals surface area contributed by atoms with Gasteiger partial charge in [-0.2, -0.15) is 0 Å². The molecular weight excluding hydrogens is 342 g/mol. The second-order valence-electron chi connectivity index (χ2n) is 6.56. The molecule has 0 atom stereocenters. The van der Waals surface area contributed by atoms with E-state index in [1.54, 1.807) is 17.5 Å². The second-order valence-corrected chi connectivity index (χ2v) is 7.45. The van der Waals surface area contributed by atoms with Crippen molar-refractivity contribution in [2.45, 2.75) is 26.3 Å². The first kappa shape index (κ1) is 16.7. The number of hydrogen-bond donors (Lipinski definition) is 1. The zero-order valence-electron chi connectivity index (χ0n) is 14.7. The number of carbonyl (C=O) groups excluding carboxylic acids is 1. The smallest absolute Gasteiger partial charge is 0.253 e. The molecule has 130 valence electrons. The Kier molecular flexibility index (Phi) is 4.39. The summed E-state index contributed by atoms with van der Waals surface area (Å²) in [4.78, 5) is 21.9. The van der Waals surface area contributed by atoms with Gasteiger partial charge in [0.05, 0.1) is 28.3 Å². The molecule has 1 amide bonds. The van der Waals surface area contributed by atoms with Crippen LogP contribution in [0, 0.1) is 0 Å². The van der Waals surface area contributed by atoms with Gasteiger partial charge in [0, 0.05) is 22.9 Å². The number of amides is 1. The summed E-state index contributed by atoms with van der Waals surface area (Å²) in [6.07, 6.45) is 1.73. The molecule has 0 aliphatic rings. The Hall–Kier alpha value is -2.79. The third kappa shape index (κ3) is 3.06. The zero-order valence-corrected chi connectivity index (χ0v) is 15.5. The molecule has 0 saturated carbocycles. The minimum Gasteiger partial charge on any atom is -0.346 e. The minimum atomic E-state index is -0.126. The maximum atomic E-state index is 12.8. The summed E-state index contributed by atoms with van der Waals surface area (Å²) in [5.74, 6) is 0.275. The van der Waals surface area contributed by atoms with Crippen molar-refractivity contribution in [3.05, 3.63) is 70.3 Å². The molecule has 1 N–H and O–H groups in total. The topological polar surface area (TPSA) is 54.9 Å². The lowest BCUT2D eigenvalue weighted by atomic mass is 10.0. The van der Waals surface area contributed by atoms with Crippen LogP contribution in [-0.2, 0) is 6.54 Å². The molecular formula is C21H19N3OS. The van der Waals surface area contributed by atoms with Crippen molar-refractivity contribution in [3.8, 4) is 0 Å². The van der Waals surface area contributed by atoms with E-state index in [2.05, 4.69) is 35.2 Å². The molecule has 0 spiro atoms. The maximum Gasteiger partial charge on any atom is 0.253 e. The fraction of sp³-hybridized carbons (Fsp3) is 0.190. The first-order chi connectivity index (χ1) is 12.6. The van der Waals surface area contributed by atoms with Gasteiger partial charge < -0.3 is 5.32 Å². The molecule has 2 heterocycles. The highest BCUT2D eigenvalue weighted by Crippen LogP contribution is 2.27. The van der Waals surface area contributed by atoms with Crippen LogP contribution < -0.4 is 5.32 Å². The molecule has 4 nitrogen and oxygen atoms in total. The van der Waals surface area contributed by atoms with Gasteiger partial charge in [0.15, 0.2) is 0 Å². The summed E-state index contributed by atoms with van der Waals surface area (Å²) < 4.78 is 0. The number of nitrogens with zero attached hydrogens (tertiary/aromatic N) is 2. The van der Waals surface area contributed by atoms with Gasteiger partial charge in [-0.05, 0) is 22.9 Å². The molecule has 2 aromatic carbocycles. The first-order valence-corrected chi connectivity index (χ1v) is 9.50. The molecule has 0 bridgehead atoms. The Bertz CT molecular complexity index is 1100. The van der Waals surface area contributed by atoms with Crippen molar-refractivity contribution < 1.29 is 4.79 Å². The number of thiazole rings is 1. The number of pyridine rings is 1. The summed E-state index contributed by atoms with van der Waals surface area (Å²) >= 11 is 1.63. The van der Waals surface area contributed by atoms with Crippen LogP contribution in [0.1, 0.15) is 40.8 Å². The van der Waals surface area contributed by atoms with Crippen molar-refractivity contribution in [2.75, 3.05) is 0 Å². The number of nitrogens with one attached hydrogen (secondary N) is 1. The number of aromatic nitrogens is 2. The Morgan fingerprint density at radius 2 is 1.96 bits per heavy atom. The molecule has 4 rings (SSSR count). The van der Waals surface area contributed by atoms with Crippen molar-refractivity contribution in [1.82, 2.24) is 15.3 Å². The third-order valence-corrected chi connectivity index (χ3v) is 5.55. The highest BCUT2D eigenvalue weighted by Gasteiger charge is 2.14. The van der Waals surface area contributed by atoms with Gasteiger partial charge in [0.25, 0.3) is 5.91 Å². The van der Waals surface area contributed by atoms with Gasteiger partial charge >= 0.3 is 0 Å².